The number of pyridine rings is 1. The molecule has 156 valence electrons. The maximum Gasteiger partial charge on any atom is 0.278 e. The van der Waals surface area contributed by atoms with E-state index in [1.165, 1.54) is 4.90 Å². The molecule has 0 unspecified atom stereocenters. The number of imide groups is 1. The molecular weight excluding hydrogens is 390 g/mol. The number of nitrogens with zero attached hydrogens (tertiary/aromatic N) is 2. The van der Waals surface area contributed by atoms with Crippen molar-refractivity contribution in [2.75, 3.05) is 12.4 Å². The lowest BCUT2D eigenvalue weighted by Crippen LogP contribution is -2.32. The number of hydrogen-bond acceptors (Lipinski definition) is 5. The average Bonchev–Trinajstić information content (AvgIpc) is 2.98. The van der Waals surface area contributed by atoms with Crippen molar-refractivity contribution in [1.29, 1.82) is 0 Å². The summed E-state index contributed by atoms with van der Waals surface area (Å²) in [4.78, 5) is 32.0. The van der Waals surface area contributed by atoms with Crippen LogP contribution in [0.3, 0.4) is 0 Å². The second kappa shape index (κ2) is 8.44. The second-order valence-electron chi connectivity index (χ2n) is 7.54. The van der Waals surface area contributed by atoms with Gasteiger partial charge in [0, 0.05) is 18.1 Å². The summed E-state index contributed by atoms with van der Waals surface area (Å²) >= 11 is 0. The van der Waals surface area contributed by atoms with Crippen molar-refractivity contribution in [1.82, 2.24) is 9.88 Å². The van der Waals surface area contributed by atoms with Crippen LogP contribution < -0.4 is 10.1 Å². The fourth-order valence-corrected chi connectivity index (χ4v) is 3.73. The summed E-state index contributed by atoms with van der Waals surface area (Å²) in [7, 11) is 1.58. The zero-order valence-corrected chi connectivity index (χ0v) is 17.7. The number of anilines is 1. The molecule has 0 saturated carbocycles. The summed E-state index contributed by atoms with van der Waals surface area (Å²) in [6.45, 7) is 4.14. The van der Waals surface area contributed by atoms with Gasteiger partial charge in [-0.2, -0.15) is 0 Å². The molecule has 0 bridgehead atoms. The summed E-state index contributed by atoms with van der Waals surface area (Å²) in [5.41, 5.74) is 4.95. The van der Waals surface area contributed by atoms with Crippen LogP contribution in [0, 0.1) is 13.8 Å². The lowest BCUT2D eigenvalue weighted by molar-refractivity contribution is -0.137. The van der Waals surface area contributed by atoms with Crippen molar-refractivity contribution in [2.45, 2.75) is 20.4 Å². The van der Waals surface area contributed by atoms with E-state index in [4.69, 9.17) is 4.74 Å². The van der Waals surface area contributed by atoms with Gasteiger partial charge >= 0.3 is 0 Å². The van der Waals surface area contributed by atoms with E-state index >= 15 is 0 Å². The van der Waals surface area contributed by atoms with Gasteiger partial charge in [-0.05, 0) is 66.4 Å². The normalized spacial score (nSPS) is 13.7. The Kier molecular flexibility index (Phi) is 5.54. The molecule has 0 atom stereocenters. The highest BCUT2D eigenvalue weighted by Gasteiger charge is 2.39. The van der Waals surface area contributed by atoms with Gasteiger partial charge in [0.1, 0.15) is 11.4 Å². The van der Waals surface area contributed by atoms with Gasteiger partial charge in [0.05, 0.1) is 19.2 Å². The number of nitrogens with one attached hydrogen (secondary N) is 1. The quantitative estimate of drug-likeness (QED) is 0.616. The number of ether oxygens (including phenoxy) is 1. The Balaban J connectivity index is 1.76. The van der Waals surface area contributed by atoms with E-state index < -0.39 is 0 Å². The summed E-state index contributed by atoms with van der Waals surface area (Å²) in [6.07, 6.45) is 3.31. The summed E-state index contributed by atoms with van der Waals surface area (Å²) in [5.74, 6) is -0.0260. The molecular formula is C25H23N3O3. The molecule has 31 heavy (non-hydrogen) atoms. The number of hydrogen-bond donors (Lipinski definition) is 1. The molecule has 0 fully saturated rings. The van der Waals surface area contributed by atoms with Crippen molar-refractivity contribution < 1.29 is 14.3 Å². The van der Waals surface area contributed by atoms with Crippen LogP contribution in [0.4, 0.5) is 5.69 Å². The van der Waals surface area contributed by atoms with Crippen molar-refractivity contribution in [2.24, 2.45) is 0 Å². The van der Waals surface area contributed by atoms with E-state index in [9.17, 15) is 9.59 Å². The zero-order chi connectivity index (χ0) is 22.0. The first-order valence-electron chi connectivity index (χ1n) is 9.95. The van der Waals surface area contributed by atoms with Crippen LogP contribution in [0.15, 0.2) is 72.7 Å². The molecule has 6 heteroatoms. The third kappa shape index (κ3) is 4.19. The Morgan fingerprint density at radius 3 is 2.29 bits per heavy atom. The fourth-order valence-electron chi connectivity index (χ4n) is 3.73. The molecule has 4 rings (SSSR count). The highest BCUT2D eigenvalue weighted by molar-refractivity contribution is 6.36. The number of amides is 2. The van der Waals surface area contributed by atoms with Gasteiger partial charge in [0.2, 0.25) is 0 Å². The first kappa shape index (κ1) is 20.3. The molecule has 2 heterocycles. The average molecular weight is 413 g/mol. The largest absolute Gasteiger partial charge is 0.497 e. The molecule has 3 aromatic rings. The van der Waals surface area contributed by atoms with E-state index in [1.54, 1.807) is 49.8 Å². The molecule has 6 nitrogen and oxygen atoms in total. The minimum absolute atomic E-state index is 0.156. The van der Waals surface area contributed by atoms with E-state index in [0.717, 1.165) is 22.4 Å². The monoisotopic (exact) mass is 413 g/mol. The predicted octanol–water partition coefficient (Wildman–Crippen LogP) is 4.10. The third-order valence-electron chi connectivity index (χ3n) is 5.10. The first-order valence-corrected chi connectivity index (χ1v) is 9.95. The Morgan fingerprint density at radius 1 is 0.968 bits per heavy atom. The topological polar surface area (TPSA) is 71.5 Å². The molecule has 0 radical (unpaired) electrons. The second-order valence-corrected chi connectivity index (χ2v) is 7.54. The standard InChI is InChI=1S/C25H23N3O3/c1-16-11-17(2)13-20(12-16)27-23-22(19-6-8-21(31-3)9-7-19)24(29)28(25(23)30)15-18-5-4-10-26-14-18/h4-14,27H,15H2,1-3H3. The first-order chi connectivity index (χ1) is 15.0. The SMILES string of the molecule is COc1ccc(C2=C(Nc3cc(C)cc(C)c3)C(=O)N(Cc3cccnc3)C2=O)cc1. The Morgan fingerprint density at radius 2 is 1.68 bits per heavy atom. The summed E-state index contributed by atoms with van der Waals surface area (Å²) in [5, 5.41) is 3.22. The van der Waals surface area contributed by atoms with Crippen molar-refractivity contribution in [3.63, 3.8) is 0 Å². The van der Waals surface area contributed by atoms with Crippen LogP contribution >= 0.6 is 0 Å². The number of methoxy groups -OCH3 is 1. The van der Waals surface area contributed by atoms with Crippen molar-refractivity contribution in [3.8, 4) is 5.75 Å². The number of rotatable bonds is 6. The van der Waals surface area contributed by atoms with Crippen LogP contribution in [0.25, 0.3) is 5.57 Å². The van der Waals surface area contributed by atoms with Gasteiger partial charge in [-0.1, -0.05) is 24.3 Å². The van der Waals surface area contributed by atoms with E-state index in [-0.39, 0.29) is 24.1 Å². The predicted molar refractivity (Wildman–Crippen MR) is 119 cm³/mol. The Hall–Kier alpha value is -3.93. The molecule has 0 aliphatic carbocycles. The lowest BCUT2D eigenvalue weighted by atomic mass is 10.0. The van der Waals surface area contributed by atoms with Crippen LogP contribution in [-0.2, 0) is 16.1 Å². The molecule has 2 aromatic carbocycles. The van der Waals surface area contributed by atoms with Gasteiger partial charge in [0.15, 0.2) is 0 Å². The lowest BCUT2D eigenvalue weighted by Gasteiger charge is -2.15. The van der Waals surface area contributed by atoms with Crippen LogP contribution in [-0.4, -0.2) is 28.8 Å². The third-order valence-corrected chi connectivity index (χ3v) is 5.10. The molecule has 1 aliphatic heterocycles. The van der Waals surface area contributed by atoms with E-state index in [1.807, 2.05) is 32.0 Å². The number of aryl methyl sites for hydroxylation is 2. The Labute approximate surface area is 181 Å². The minimum Gasteiger partial charge on any atom is -0.497 e. The maximum atomic E-state index is 13.4. The van der Waals surface area contributed by atoms with Crippen molar-refractivity contribution >= 4 is 23.1 Å². The van der Waals surface area contributed by atoms with E-state index in [0.29, 0.717) is 16.9 Å². The molecule has 1 aromatic heterocycles. The van der Waals surface area contributed by atoms with Gasteiger partial charge in [-0.3, -0.25) is 19.5 Å². The fraction of sp³-hybridized carbons (Fsp3) is 0.160. The molecule has 2 amide bonds. The Bertz CT molecular complexity index is 1150. The van der Waals surface area contributed by atoms with Crippen LogP contribution in [0.2, 0.25) is 0 Å². The zero-order valence-electron chi connectivity index (χ0n) is 17.7. The van der Waals surface area contributed by atoms with Crippen LogP contribution in [0.5, 0.6) is 5.75 Å². The van der Waals surface area contributed by atoms with Crippen LogP contribution in [0.1, 0.15) is 22.3 Å². The highest BCUT2D eigenvalue weighted by atomic mass is 16.5. The molecule has 1 N–H and O–H groups in total. The minimum atomic E-state index is -0.362. The summed E-state index contributed by atoms with van der Waals surface area (Å²) < 4.78 is 5.23. The van der Waals surface area contributed by atoms with Gasteiger partial charge in [0.25, 0.3) is 11.8 Å². The number of carbonyl (C=O) groups excluding carboxylic acids is 2. The molecule has 0 spiro atoms. The van der Waals surface area contributed by atoms with Gasteiger partial charge < -0.3 is 10.1 Å². The van der Waals surface area contributed by atoms with Gasteiger partial charge in [-0.25, -0.2) is 0 Å². The number of aromatic nitrogens is 1. The molecule has 1 aliphatic rings. The van der Waals surface area contributed by atoms with E-state index in [2.05, 4.69) is 16.4 Å². The highest BCUT2D eigenvalue weighted by Crippen LogP contribution is 2.32. The van der Waals surface area contributed by atoms with Gasteiger partial charge in [-0.15, -0.1) is 0 Å². The van der Waals surface area contributed by atoms with Crippen molar-refractivity contribution in [3.05, 3.63) is 94.9 Å². The molecule has 0 saturated heterocycles. The summed E-state index contributed by atoms with van der Waals surface area (Å²) in [6, 6.07) is 16.7. The number of carbonyl (C=O) groups is 2. The maximum absolute atomic E-state index is 13.4. The number of benzene rings is 2. The smallest absolute Gasteiger partial charge is 0.278 e.